The molecule has 0 fully saturated rings. The van der Waals surface area contributed by atoms with Crippen LogP contribution in [0.15, 0.2) is 84.9 Å². The van der Waals surface area contributed by atoms with Crippen LogP contribution in [0.1, 0.15) is 27.0 Å². The summed E-state index contributed by atoms with van der Waals surface area (Å²) in [6.07, 6.45) is -0.633. The van der Waals surface area contributed by atoms with E-state index in [2.05, 4.69) is 5.32 Å². The van der Waals surface area contributed by atoms with Gasteiger partial charge < -0.3 is 19.9 Å². The lowest BCUT2D eigenvalue weighted by molar-refractivity contribution is -0.147. The Morgan fingerprint density at radius 1 is 0.719 bits per heavy atom. The lowest BCUT2D eigenvalue weighted by Gasteiger charge is -2.18. The molecule has 3 rings (SSSR count). The second-order valence-corrected chi connectivity index (χ2v) is 7.06. The molecule has 1 atom stereocenters. The van der Waals surface area contributed by atoms with Gasteiger partial charge in [-0.3, -0.25) is 0 Å². The molecular formula is C25H23NO6. The highest BCUT2D eigenvalue weighted by atomic mass is 16.6. The number of amides is 1. The summed E-state index contributed by atoms with van der Waals surface area (Å²) in [5.41, 5.74) is 2.43. The van der Waals surface area contributed by atoms with Gasteiger partial charge in [-0.05, 0) is 28.8 Å². The van der Waals surface area contributed by atoms with Crippen molar-refractivity contribution in [3.05, 3.63) is 107 Å². The van der Waals surface area contributed by atoms with Crippen molar-refractivity contribution in [3.8, 4) is 0 Å². The van der Waals surface area contributed by atoms with Crippen molar-refractivity contribution in [1.29, 1.82) is 0 Å². The number of benzene rings is 3. The second-order valence-electron chi connectivity index (χ2n) is 7.06. The van der Waals surface area contributed by atoms with E-state index in [0.29, 0.717) is 5.56 Å². The van der Waals surface area contributed by atoms with Crippen molar-refractivity contribution in [2.24, 2.45) is 0 Å². The summed E-state index contributed by atoms with van der Waals surface area (Å²) in [6, 6.07) is 23.4. The molecule has 3 aromatic rings. The summed E-state index contributed by atoms with van der Waals surface area (Å²) in [4.78, 5) is 36.1. The van der Waals surface area contributed by atoms with Crippen LogP contribution in [0.3, 0.4) is 0 Å². The number of ether oxygens (including phenoxy) is 2. The standard InChI is InChI=1S/C25H23NO6/c27-23(28)21-13-11-18(12-14-21)15-22(24(29)31-16-19-7-3-1-4-8-19)26-25(30)32-17-20-9-5-2-6-10-20/h1-14,22H,15-17H2,(H,26,30)(H,27,28). The van der Waals surface area contributed by atoms with Crippen LogP contribution >= 0.6 is 0 Å². The van der Waals surface area contributed by atoms with Gasteiger partial charge in [0.1, 0.15) is 19.3 Å². The average Bonchev–Trinajstić information content (AvgIpc) is 2.82. The molecule has 0 heterocycles. The van der Waals surface area contributed by atoms with Crippen molar-refractivity contribution < 1.29 is 29.0 Å². The van der Waals surface area contributed by atoms with E-state index in [1.807, 2.05) is 60.7 Å². The number of esters is 1. The fourth-order valence-electron chi connectivity index (χ4n) is 2.95. The molecule has 0 radical (unpaired) electrons. The van der Waals surface area contributed by atoms with Crippen molar-refractivity contribution in [2.45, 2.75) is 25.7 Å². The molecule has 164 valence electrons. The number of carbonyl (C=O) groups excluding carboxylic acids is 2. The van der Waals surface area contributed by atoms with Crippen molar-refractivity contribution in [1.82, 2.24) is 5.32 Å². The molecule has 0 aromatic heterocycles. The molecule has 1 amide bonds. The van der Waals surface area contributed by atoms with Gasteiger partial charge in [0, 0.05) is 6.42 Å². The van der Waals surface area contributed by atoms with Crippen LogP contribution in [0.5, 0.6) is 0 Å². The van der Waals surface area contributed by atoms with Crippen LogP contribution in [-0.4, -0.2) is 29.2 Å². The minimum Gasteiger partial charge on any atom is -0.478 e. The van der Waals surface area contributed by atoms with Crippen LogP contribution in [-0.2, 0) is 33.9 Å². The zero-order valence-corrected chi connectivity index (χ0v) is 17.3. The van der Waals surface area contributed by atoms with Gasteiger partial charge in [0.05, 0.1) is 5.56 Å². The van der Waals surface area contributed by atoms with E-state index in [4.69, 9.17) is 14.6 Å². The maximum atomic E-state index is 12.7. The minimum atomic E-state index is -1.04. The van der Waals surface area contributed by atoms with E-state index in [-0.39, 0.29) is 25.2 Å². The topological polar surface area (TPSA) is 102 Å². The molecule has 0 aliphatic heterocycles. The van der Waals surface area contributed by atoms with E-state index in [9.17, 15) is 14.4 Å². The summed E-state index contributed by atoms with van der Waals surface area (Å²) in [7, 11) is 0. The first-order valence-corrected chi connectivity index (χ1v) is 10.0. The first-order valence-electron chi connectivity index (χ1n) is 10.0. The maximum Gasteiger partial charge on any atom is 0.408 e. The Labute approximate surface area is 185 Å². The van der Waals surface area contributed by atoms with E-state index >= 15 is 0 Å². The fraction of sp³-hybridized carbons (Fsp3) is 0.160. The number of hydrogen-bond acceptors (Lipinski definition) is 5. The van der Waals surface area contributed by atoms with Crippen molar-refractivity contribution >= 4 is 18.0 Å². The van der Waals surface area contributed by atoms with Crippen LogP contribution in [0.25, 0.3) is 0 Å². The Bertz CT molecular complexity index is 1040. The van der Waals surface area contributed by atoms with Gasteiger partial charge in [-0.15, -0.1) is 0 Å². The summed E-state index contributed by atoms with van der Waals surface area (Å²) in [5.74, 6) is -1.66. The zero-order valence-electron chi connectivity index (χ0n) is 17.3. The van der Waals surface area contributed by atoms with Gasteiger partial charge in [-0.1, -0.05) is 72.8 Å². The molecule has 0 saturated carbocycles. The molecule has 32 heavy (non-hydrogen) atoms. The summed E-state index contributed by atoms with van der Waals surface area (Å²) < 4.78 is 10.6. The van der Waals surface area contributed by atoms with Gasteiger partial charge in [0.25, 0.3) is 0 Å². The number of alkyl carbamates (subject to hydrolysis) is 1. The van der Waals surface area contributed by atoms with E-state index in [0.717, 1.165) is 11.1 Å². The lowest BCUT2D eigenvalue weighted by atomic mass is 10.0. The zero-order chi connectivity index (χ0) is 22.8. The Morgan fingerprint density at radius 3 is 1.78 bits per heavy atom. The lowest BCUT2D eigenvalue weighted by Crippen LogP contribution is -2.43. The SMILES string of the molecule is O=C(NC(Cc1ccc(C(=O)O)cc1)C(=O)OCc1ccccc1)OCc1ccccc1. The molecule has 0 bridgehead atoms. The first kappa shape index (κ1) is 22.6. The van der Waals surface area contributed by atoms with Crippen LogP contribution in [0, 0.1) is 0 Å². The molecule has 1 unspecified atom stereocenters. The number of carboxylic acids is 1. The van der Waals surface area contributed by atoms with Gasteiger partial charge in [-0.2, -0.15) is 0 Å². The highest BCUT2D eigenvalue weighted by Gasteiger charge is 2.24. The number of nitrogens with one attached hydrogen (secondary N) is 1. The molecule has 2 N–H and O–H groups in total. The molecule has 7 nitrogen and oxygen atoms in total. The number of carboxylic acid groups (broad SMARTS) is 1. The molecule has 0 spiro atoms. The van der Waals surface area contributed by atoms with Crippen LogP contribution < -0.4 is 5.32 Å². The number of carbonyl (C=O) groups is 3. The third-order valence-corrected chi connectivity index (χ3v) is 4.65. The number of aromatic carboxylic acids is 1. The fourth-order valence-corrected chi connectivity index (χ4v) is 2.95. The normalized spacial score (nSPS) is 11.2. The summed E-state index contributed by atoms with van der Waals surface area (Å²) >= 11 is 0. The predicted molar refractivity (Wildman–Crippen MR) is 117 cm³/mol. The van der Waals surface area contributed by atoms with Crippen molar-refractivity contribution in [3.63, 3.8) is 0 Å². The minimum absolute atomic E-state index is 0.0613. The van der Waals surface area contributed by atoms with E-state index in [1.165, 1.54) is 12.1 Å². The summed E-state index contributed by atoms with van der Waals surface area (Å²) in [5, 5.41) is 11.6. The van der Waals surface area contributed by atoms with Gasteiger partial charge in [0.15, 0.2) is 0 Å². The molecule has 0 aliphatic rings. The Hall–Kier alpha value is -4.13. The van der Waals surface area contributed by atoms with Gasteiger partial charge >= 0.3 is 18.0 Å². The van der Waals surface area contributed by atoms with Crippen LogP contribution in [0.2, 0.25) is 0 Å². The third-order valence-electron chi connectivity index (χ3n) is 4.65. The largest absolute Gasteiger partial charge is 0.478 e. The number of rotatable bonds is 9. The molecule has 3 aromatic carbocycles. The monoisotopic (exact) mass is 433 g/mol. The highest BCUT2D eigenvalue weighted by Crippen LogP contribution is 2.10. The molecule has 7 heteroatoms. The third kappa shape index (κ3) is 6.98. The smallest absolute Gasteiger partial charge is 0.408 e. The predicted octanol–water partition coefficient (Wildman–Crippen LogP) is 3.97. The van der Waals surface area contributed by atoms with Crippen LogP contribution in [0.4, 0.5) is 4.79 Å². The maximum absolute atomic E-state index is 12.7. The molecule has 0 saturated heterocycles. The van der Waals surface area contributed by atoms with E-state index < -0.39 is 24.1 Å². The van der Waals surface area contributed by atoms with Crippen molar-refractivity contribution in [2.75, 3.05) is 0 Å². The van der Waals surface area contributed by atoms with E-state index in [1.54, 1.807) is 12.1 Å². The highest BCUT2D eigenvalue weighted by molar-refractivity contribution is 5.87. The Kier molecular flexibility index (Phi) is 7.97. The molecule has 0 aliphatic carbocycles. The quantitative estimate of drug-likeness (QED) is 0.495. The Morgan fingerprint density at radius 2 is 1.25 bits per heavy atom. The van der Waals surface area contributed by atoms with Gasteiger partial charge in [0.2, 0.25) is 0 Å². The second kappa shape index (κ2) is 11.3. The molecular weight excluding hydrogens is 410 g/mol. The Balaban J connectivity index is 1.65. The summed E-state index contributed by atoms with van der Waals surface area (Å²) in [6.45, 7) is 0.126. The van der Waals surface area contributed by atoms with Gasteiger partial charge in [-0.25, -0.2) is 14.4 Å². The average molecular weight is 433 g/mol. The first-order chi connectivity index (χ1) is 15.5. The number of hydrogen-bond donors (Lipinski definition) is 2.